The smallest absolute Gasteiger partial charge is 0.416 e. The van der Waals surface area contributed by atoms with Crippen molar-refractivity contribution in [1.82, 2.24) is 15.1 Å². The highest BCUT2D eigenvalue weighted by Crippen LogP contribution is 2.38. The number of urea groups is 1. The minimum atomic E-state index is -5.03. The lowest BCUT2D eigenvalue weighted by atomic mass is 9.90. The first-order valence-electron chi connectivity index (χ1n) is 12.2. The fraction of sp³-hybridized carbons (Fsp3) is 0.462. The molecular formula is C26H28F7N3O4. The molecule has 2 N–H and O–H groups in total. The number of rotatable bonds is 6. The van der Waals surface area contributed by atoms with Crippen LogP contribution in [0.2, 0.25) is 0 Å². The van der Waals surface area contributed by atoms with Crippen LogP contribution in [-0.4, -0.2) is 59.9 Å². The van der Waals surface area contributed by atoms with E-state index >= 15 is 0 Å². The molecule has 7 nitrogen and oxygen atoms in total. The maximum Gasteiger partial charge on any atom is 0.416 e. The predicted molar refractivity (Wildman–Crippen MR) is 128 cm³/mol. The van der Waals surface area contributed by atoms with Crippen LogP contribution in [0.25, 0.3) is 0 Å². The van der Waals surface area contributed by atoms with Gasteiger partial charge in [-0.15, -0.1) is 0 Å². The number of benzene rings is 2. The molecule has 0 radical (unpaired) electrons. The number of carbonyl (C=O) groups is 2. The van der Waals surface area contributed by atoms with Gasteiger partial charge in [-0.05, 0) is 53.9 Å². The van der Waals surface area contributed by atoms with Gasteiger partial charge >= 0.3 is 24.5 Å². The first-order valence-corrected chi connectivity index (χ1v) is 12.2. The number of alkyl halides is 6. The summed E-state index contributed by atoms with van der Waals surface area (Å²) in [4.78, 5) is 27.9. The van der Waals surface area contributed by atoms with Gasteiger partial charge in [-0.2, -0.15) is 26.3 Å². The zero-order valence-electron chi connectivity index (χ0n) is 21.6. The van der Waals surface area contributed by atoms with Crippen molar-refractivity contribution in [3.63, 3.8) is 0 Å². The summed E-state index contributed by atoms with van der Waals surface area (Å²) in [7, 11) is 1.25. The van der Waals surface area contributed by atoms with E-state index in [1.165, 1.54) is 30.1 Å². The van der Waals surface area contributed by atoms with E-state index in [1.807, 2.05) is 0 Å². The summed E-state index contributed by atoms with van der Waals surface area (Å²) in [5.41, 5.74) is -2.33. The minimum absolute atomic E-state index is 0.0140. The van der Waals surface area contributed by atoms with E-state index in [0.717, 1.165) is 4.90 Å². The molecular weight excluding hydrogens is 551 g/mol. The van der Waals surface area contributed by atoms with Gasteiger partial charge in [-0.3, -0.25) is 0 Å². The summed E-state index contributed by atoms with van der Waals surface area (Å²) >= 11 is 0. The quantitative estimate of drug-likeness (QED) is 0.434. The number of halogens is 7. The van der Waals surface area contributed by atoms with Crippen molar-refractivity contribution in [3.05, 3.63) is 70.0 Å². The van der Waals surface area contributed by atoms with Crippen molar-refractivity contribution >= 4 is 12.1 Å². The standard InChI is InChI=1S/C26H28F7N3O4/c1-15-9-19(27)3-4-21(15)22-13-20(40-23(38)34-6-8-37)5-7-36(22)24(39)35(2)14-16-10-17(25(28,29)30)12-18(11-16)26(31,32)33/h3-4,9-12,20,22,37H,5-8,13-14H2,1-2H3,(H,34,38)/t20-,22+/m0/s1. The third kappa shape index (κ3) is 7.77. The van der Waals surface area contributed by atoms with Crippen LogP contribution in [0.4, 0.5) is 40.3 Å². The molecule has 0 aromatic heterocycles. The molecule has 40 heavy (non-hydrogen) atoms. The first-order chi connectivity index (χ1) is 18.6. The molecule has 220 valence electrons. The highest BCUT2D eigenvalue weighted by molar-refractivity contribution is 5.75. The second-order valence-corrected chi connectivity index (χ2v) is 9.46. The molecule has 3 rings (SSSR count). The van der Waals surface area contributed by atoms with Gasteiger partial charge in [0.15, 0.2) is 0 Å². The number of aliphatic hydroxyl groups excluding tert-OH is 1. The van der Waals surface area contributed by atoms with Crippen molar-refractivity contribution in [2.75, 3.05) is 26.7 Å². The summed E-state index contributed by atoms with van der Waals surface area (Å²) < 4.78 is 98.9. The number of aliphatic hydroxyl groups is 1. The molecule has 2 atom stereocenters. The molecule has 0 unspecified atom stereocenters. The van der Waals surface area contributed by atoms with E-state index in [0.29, 0.717) is 23.3 Å². The Bertz CT molecular complexity index is 1190. The highest BCUT2D eigenvalue weighted by atomic mass is 19.4. The van der Waals surface area contributed by atoms with Crippen LogP contribution in [0, 0.1) is 12.7 Å². The lowest BCUT2D eigenvalue weighted by molar-refractivity contribution is -0.143. The van der Waals surface area contributed by atoms with Crippen LogP contribution >= 0.6 is 0 Å². The number of nitrogens with zero attached hydrogens (tertiary/aromatic N) is 2. The van der Waals surface area contributed by atoms with E-state index in [9.17, 15) is 40.3 Å². The number of amides is 3. The first kappa shape index (κ1) is 31.0. The van der Waals surface area contributed by atoms with Crippen LogP contribution in [-0.2, 0) is 23.6 Å². The zero-order valence-corrected chi connectivity index (χ0v) is 21.6. The number of hydrogen-bond donors (Lipinski definition) is 2. The largest absolute Gasteiger partial charge is 0.446 e. The van der Waals surface area contributed by atoms with Crippen molar-refractivity contribution in [3.8, 4) is 0 Å². The molecule has 0 bridgehead atoms. The monoisotopic (exact) mass is 579 g/mol. The molecule has 1 aliphatic rings. The van der Waals surface area contributed by atoms with E-state index in [-0.39, 0.29) is 44.2 Å². The Balaban J connectivity index is 1.87. The predicted octanol–water partition coefficient (Wildman–Crippen LogP) is 5.65. The third-order valence-electron chi connectivity index (χ3n) is 6.44. The van der Waals surface area contributed by atoms with Crippen molar-refractivity contribution in [2.45, 2.75) is 50.8 Å². The molecule has 1 heterocycles. The molecule has 1 saturated heterocycles. The summed E-state index contributed by atoms with van der Waals surface area (Å²) in [5, 5.41) is 11.2. The molecule has 0 aliphatic carbocycles. The molecule has 2 aromatic rings. The van der Waals surface area contributed by atoms with Gasteiger partial charge in [0.2, 0.25) is 0 Å². The Morgan fingerprint density at radius 3 is 2.25 bits per heavy atom. The van der Waals surface area contributed by atoms with E-state index in [2.05, 4.69) is 5.32 Å². The molecule has 1 fully saturated rings. The Morgan fingerprint density at radius 2 is 1.70 bits per heavy atom. The van der Waals surface area contributed by atoms with Crippen LogP contribution in [0.15, 0.2) is 36.4 Å². The number of alkyl carbamates (subject to hydrolysis) is 1. The Morgan fingerprint density at radius 1 is 1.07 bits per heavy atom. The SMILES string of the molecule is Cc1cc(F)ccc1[C@H]1C[C@@H](OC(=O)NCCO)CCN1C(=O)N(C)Cc1cc(C(F)(F)F)cc(C(F)(F)F)c1. The number of piperidine rings is 1. The maximum atomic E-state index is 13.8. The lowest BCUT2D eigenvalue weighted by Crippen LogP contribution is -2.49. The fourth-order valence-corrected chi connectivity index (χ4v) is 4.60. The van der Waals surface area contributed by atoms with Gasteiger partial charge in [0.05, 0.1) is 23.8 Å². The van der Waals surface area contributed by atoms with Gasteiger partial charge in [-0.1, -0.05) is 6.07 Å². The molecule has 1 aliphatic heterocycles. The van der Waals surface area contributed by atoms with Crippen LogP contribution in [0.1, 0.15) is 46.7 Å². The van der Waals surface area contributed by atoms with Crippen LogP contribution < -0.4 is 5.32 Å². The van der Waals surface area contributed by atoms with E-state index < -0.39 is 60.1 Å². The number of hydrogen-bond acceptors (Lipinski definition) is 4. The van der Waals surface area contributed by atoms with E-state index in [4.69, 9.17) is 9.84 Å². The normalized spacial score (nSPS) is 17.9. The molecule has 14 heteroatoms. The van der Waals surface area contributed by atoms with Crippen LogP contribution in [0.3, 0.4) is 0 Å². The van der Waals surface area contributed by atoms with Gasteiger partial charge in [-0.25, -0.2) is 14.0 Å². The summed E-state index contributed by atoms with van der Waals surface area (Å²) in [6.45, 7) is 0.750. The fourth-order valence-electron chi connectivity index (χ4n) is 4.60. The number of aryl methyl sites for hydroxylation is 1. The van der Waals surface area contributed by atoms with Crippen molar-refractivity contribution < 1.29 is 50.2 Å². The summed E-state index contributed by atoms with van der Waals surface area (Å²) in [6.07, 6.45) is -11.2. The third-order valence-corrected chi connectivity index (χ3v) is 6.44. The number of nitrogens with one attached hydrogen (secondary N) is 1. The van der Waals surface area contributed by atoms with E-state index in [1.54, 1.807) is 6.92 Å². The summed E-state index contributed by atoms with van der Waals surface area (Å²) in [5.74, 6) is -0.520. The average Bonchev–Trinajstić information content (AvgIpc) is 2.86. The Labute approximate surface area is 225 Å². The van der Waals surface area contributed by atoms with Gasteiger partial charge in [0.25, 0.3) is 0 Å². The second kappa shape index (κ2) is 12.3. The minimum Gasteiger partial charge on any atom is -0.446 e. The maximum absolute atomic E-state index is 13.8. The zero-order chi connectivity index (χ0) is 29.8. The number of ether oxygens (including phenoxy) is 1. The Hall–Kier alpha value is -3.55. The topological polar surface area (TPSA) is 82.1 Å². The van der Waals surface area contributed by atoms with Crippen molar-refractivity contribution in [2.24, 2.45) is 0 Å². The van der Waals surface area contributed by atoms with Gasteiger partial charge in [0, 0.05) is 39.5 Å². The highest BCUT2D eigenvalue weighted by Gasteiger charge is 2.39. The average molecular weight is 580 g/mol. The molecule has 2 aromatic carbocycles. The molecule has 3 amide bonds. The van der Waals surface area contributed by atoms with Gasteiger partial charge < -0.3 is 25.0 Å². The Kier molecular flexibility index (Phi) is 9.54. The lowest BCUT2D eigenvalue weighted by Gasteiger charge is -2.41. The van der Waals surface area contributed by atoms with Crippen LogP contribution in [0.5, 0.6) is 0 Å². The molecule has 0 saturated carbocycles. The molecule has 0 spiro atoms. The van der Waals surface area contributed by atoms with Crippen molar-refractivity contribution in [1.29, 1.82) is 0 Å². The number of carbonyl (C=O) groups excluding carboxylic acids is 2. The summed E-state index contributed by atoms with van der Waals surface area (Å²) in [6, 6.07) is 3.61. The van der Waals surface area contributed by atoms with Gasteiger partial charge in [0.1, 0.15) is 11.9 Å². The second-order valence-electron chi connectivity index (χ2n) is 9.46. The number of likely N-dealkylation sites (tertiary alicyclic amines) is 1.